The molecule has 0 aromatic heterocycles. The summed E-state index contributed by atoms with van der Waals surface area (Å²) in [4.78, 5) is 2.53. The number of rotatable bonds is 6. The maximum Gasteiger partial charge on any atom is 0.0170 e. The molecule has 0 radical (unpaired) electrons. The normalized spacial score (nSPS) is 27.9. The lowest BCUT2D eigenvalue weighted by molar-refractivity contribution is 0.163. The smallest absolute Gasteiger partial charge is 0.0170 e. The maximum atomic E-state index is 6.01. The number of hydrogen-bond donors (Lipinski definition) is 1. The molecule has 0 bridgehead atoms. The number of nitrogens with two attached hydrogens (primary N) is 1. The fourth-order valence-corrected chi connectivity index (χ4v) is 2.50. The number of allylic oxidation sites excluding steroid dienone is 1. The van der Waals surface area contributed by atoms with E-state index in [0.717, 1.165) is 18.9 Å². The Hall–Kier alpha value is -0.340. The zero-order chi connectivity index (χ0) is 11.1. The lowest BCUT2D eigenvalue weighted by atomic mass is 9.96. The van der Waals surface area contributed by atoms with Gasteiger partial charge in [-0.15, -0.1) is 6.58 Å². The highest BCUT2D eigenvalue weighted by molar-refractivity contribution is 4.79. The van der Waals surface area contributed by atoms with Gasteiger partial charge in [-0.05, 0) is 38.1 Å². The lowest BCUT2D eigenvalue weighted by Crippen LogP contribution is -2.46. The van der Waals surface area contributed by atoms with Crippen molar-refractivity contribution in [2.24, 2.45) is 11.7 Å². The van der Waals surface area contributed by atoms with Crippen LogP contribution in [0.3, 0.4) is 0 Å². The summed E-state index contributed by atoms with van der Waals surface area (Å²) in [5, 5.41) is 0. The molecule has 1 aliphatic rings. The zero-order valence-corrected chi connectivity index (χ0v) is 10.1. The summed E-state index contributed by atoms with van der Waals surface area (Å²) in [5.41, 5.74) is 6.01. The average Bonchev–Trinajstić information content (AvgIpc) is 2.16. The van der Waals surface area contributed by atoms with Crippen molar-refractivity contribution < 1.29 is 0 Å². The van der Waals surface area contributed by atoms with E-state index in [1.165, 1.54) is 38.8 Å². The Morgan fingerprint density at radius 1 is 1.33 bits per heavy atom. The van der Waals surface area contributed by atoms with E-state index in [2.05, 4.69) is 18.4 Å². The van der Waals surface area contributed by atoms with Gasteiger partial charge in [-0.3, -0.25) is 0 Å². The van der Waals surface area contributed by atoms with E-state index >= 15 is 0 Å². The van der Waals surface area contributed by atoms with Crippen LogP contribution < -0.4 is 5.73 Å². The molecule has 88 valence electrons. The highest BCUT2D eigenvalue weighted by atomic mass is 15.1. The molecule has 1 heterocycles. The third kappa shape index (κ3) is 5.33. The minimum Gasteiger partial charge on any atom is -0.327 e. The molecule has 0 amide bonds. The molecule has 0 spiro atoms. The second-order valence-electron chi connectivity index (χ2n) is 5.00. The zero-order valence-electron chi connectivity index (χ0n) is 10.1. The first-order valence-electron chi connectivity index (χ1n) is 6.31. The molecule has 2 nitrogen and oxygen atoms in total. The predicted octanol–water partition coefficient (Wildman–Crippen LogP) is 2.40. The molecule has 2 heteroatoms. The molecule has 0 aromatic carbocycles. The van der Waals surface area contributed by atoms with Gasteiger partial charge in [0, 0.05) is 19.1 Å². The third-order valence-electron chi connectivity index (χ3n) is 3.15. The minimum atomic E-state index is 0.405. The number of likely N-dealkylation sites (tertiary alicyclic amines) is 1. The van der Waals surface area contributed by atoms with Crippen molar-refractivity contribution in [3.63, 3.8) is 0 Å². The largest absolute Gasteiger partial charge is 0.327 e. The van der Waals surface area contributed by atoms with Gasteiger partial charge < -0.3 is 10.6 Å². The second kappa shape index (κ2) is 7.02. The summed E-state index contributed by atoms with van der Waals surface area (Å²) < 4.78 is 0. The number of hydrogen-bond acceptors (Lipinski definition) is 2. The SMILES string of the molecule is C=CCCCCCN1CC(C)CC(N)C1. The average molecular weight is 210 g/mol. The van der Waals surface area contributed by atoms with Crippen LogP contribution in [0.2, 0.25) is 0 Å². The molecule has 15 heavy (non-hydrogen) atoms. The summed E-state index contributed by atoms with van der Waals surface area (Å²) in [6.07, 6.45) is 8.31. The second-order valence-corrected chi connectivity index (χ2v) is 5.00. The van der Waals surface area contributed by atoms with Gasteiger partial charge in [0.05, 0.1) is 0 Å². The van der Waals surface area contributed by atoms with Gasteiger partial charge in [-0.1, -0.05) is 19.4 Å². The fraction of sp³-hybridized carbons (Fsp3) is 0.846. The Morgan fingerprint density at radius 3 is 2.80 bits per heavy atom. The predicted molar refractivity (Wildman–Crippen MR) is 66.9 cm³/mol. The van der Waals surface area contributed by atoms with E-state index in [0.29, 0.717) is 6.04 Å². The Balaban J connectivity index is 2.07. The topological polar surface area (TPSA) is 29.3 Å². The summed E-state index contributed by atoms with van der Waals surface area (Å²) in [6, 6.07) is 0.405. The first-order chi connectivity index (χ1) is 7.22. The van der Waals surface area contributed by atoms with E-state index in [-0.39, 0.29) is 0 Å². The van der Waals surface area contributed by atoms with Gasteiger partial charge >= 0.3 is 0 Å². The molecule has 2 N–H and O–H groups in total. The van der Waals surface area contributed by atoms with Crippen molar-refractivity contribution in [2.45, 2.75) is 45.1 Å². The van der Waals surface area contributed by atoms with Crippen molar-refractivity contribution in [1.29, 1.82) is 0 Å². The van der Waals surface area contributed by atoms with Crippen LogP contribution in [0.5, 0.6) is 0 Å². The van der Waals surface area contributed by atoms with Gasteiger partial charge in [0.1, 0.15) is 0 Å². The van der Waals surface area contributed by atoms with Crippen molar-refractivity contribution in [1.82, 2.24) is 4.90 Å². The number of unbranched alkanes of at least 4 members (excludes halogenated alkanes) is 3. The van der Waals surface area contributed by atoms with Gasteiger partial charge in [0.2, 0.25) is 0 Å². The maximum absolute atomic E-state index is 6.01. The Bertz CT molecular complexity index is 169. The van der Waals surface area contributed by atoms with E-state index in [9.17, 15) is 0 Å². The number of nitrogens with zero attached hydrogens (tertiary/aromatic N) is 1. The van der Waals surface area contributed by atoms with E-state index < -0.39 is 0 Å². The molecule has 2 unspecified atom stereocenters. The lowest BCUT2D eigenvalue weighted by Gasteiger charge is -2.34. The van der Waals surface area contributed by atoms with E-state index in [1.54, 1.807) is 0 Å². The van der Waals surface area contributed by atoms with Crippen LogP contribution in [0.4, 0.5) is 0 Å². The van der Waals surface area contributed by atoms with Gasteiger partial charge in [-0.2, -0.15) is 0 Å². The van der Waals surface area contributed by atoms with Crippen LogP contribution >= 0.6 is 0 Å². The van der Waals surface area contributed by atoms with Crippen LogP contribution in [-0.4, -0.2) is 30.6 Å². The molecule has 0 aromatic rings. The van der Waals surface area contributed by atoms with Crippen LogP contribution in [0.15, 0.2) is 12.7 Å². The van der Waals surface area contributed by atoms with Crippen molar-refractivity contribution in [3.05, 3.63) is 12.7 Å². The monoisotopic (exact) mass is 210 g/mol. The van der Waals surface area contributed by atoms with Crippen molar-refractivity contribution >= 4 is 0 Å². The summed E-state index contributed by atoms with van der Waals surface area (Å²) >= 11 is 0. The quantitative estimate of drug-likeness (QED) is 0.539. The summed E-state index contributed by atoms with van der Waals surface area (Å²) in [5.74, 6) is 0.780. The summed E-state index contributed by atoms with van der Waals surface area (Å²) in [7, 11) is 0. The van der Waals surface area contributed by atoms with Gasteiger partial charge in [0.25, 0.3) is 0 Å². The Morgan fingerprint density at radius 2 is 2.13 bits per heavy atom. The molecule has 1 rings (SSSR count). The van der Waals surface area contributed by atoms with Gasteiger partial charge in [0.15, 0.2) is 0 Å². The van der Waals surface area contributed by atoms with E-state index in [1.807, 2.05) is 6.08 Å². The Kier molecular flexibility index (Phi) is 5.96. The first-order valence-corrected chi connectivity index (χ1v) is 6.31. The Labute approximate surface area is 94.5 Å². The molecule has 0 saturated carbocycles. The molecule has 1 saturated heterocycles. The third-order valence-corrected chi connectivity index (χ3v) is 3.15. The summed E-state index contributed by atoms with van der Waals surface area (Å²) in [6.45, 7) is 9.63. The van der Waals surface area contributed by atoms with Crippen LogP contribution in [0.1, 0.15) is 39.0 Å². The molecule has 0 aliphatic carbocycles. The highest BCUT2D eigenvalue weighted by Crippen LogP contribution is 2.15. The number of piperidine rings is 1. The molecule has 2 atom stereocenters. The van der Waals surface area contributed by atoms with E-state index in [4.69, 9.17) is 5.73 Å². The molecule has 1 aliphatic heterocycles. The highest BCUT2D eigenvalue weighted by Gasteiger charge is 2.21. The molecule has 1 fully saturated rings. The van der Waals surface area contributed by atoms with Crippen LogP contribution in [-0.2, 0) is 0 Å². The fourth-order valence-electron chi connectivity index (χ4n) is 2.50. The van der Waals surface area contributed by atoms with Crippen molar-refractivity contribution in [2.75, 3.05) is 19.6 Å². The van der Waals surface area contributed by atoms with Crippen LogP contribution in [0, 0.1) is 5.92 Å². The van der Waals surface area contributed by atoms with Crippen LogP contribution in [0.25, 0.3) is 0 Å². The van der Waals surface area contributed by atoms with Crippen molar-refractivity contribution in [3.8, 4) is 0 Å². The van der Waals surface area contributed by atoms with Gasteiger partial charge in [-0.25, -0.2) is 0 Å². The molecular weight excluding hydrogens is 184 g/mol. The standard InChI is InChI=1S/C13H26N2/c1-3-4-5-6-7-8-15-10-12(2)9-13(14)11-15/h3,12-13H,1,4-11,14H2,2H3. The minimum absolute atomic E-state index is 0.405. The molecular formula is C13H26N2. The first kappa shape index (κ1) is 12.7.